The molecule has 0 atom stereocenters. The molecule has 168 valence electrons. The lowest BCUT2D eigenvalue weighted by Gasteiger charge is -2.30. The summed E-state index contributed by atoms with van der Waals surface area (Å²) in [5, 5.41) is 7.17. The first-order chi connectivity index (χ1) is 15.4. The summed E-state index contributed by atoms with van der Waals surface area (Å²) in [7, 11) is -1.96. The molecule has 7 nitrogen and oxygen atoms in total. The van der Waals surface area contributed by atoms with E-state index in [2.05, 4.69) is 10.4 Å². The van der Waals surface area contributed by atoms with Gasteiger partial charge >= 0.3 is 0 Å². The number of carbonyl (C=O) groups is 1. The van der Waals surface area contributed by atoms with Crippen molar-refractivity contribution in [2.24, 2.45) is 7.05 Å². The highest BCUT2D eigenvalue weighted by Crippen LogP contribution is 2.32. The number of aromatic nitrogens is 2. The van der Waals surface area contributed by atoms with Crippen molar-refractivity contribution < 1.29 is 13.2 Å². The lowest BCUT2D eigenvalue weighted by molar-refractivity contribution is 0.0953. The molecule has 0 saturated heterocycles. The number of nitrogens with one attached hydrogen (secondary N) is 1. The second-order valence-corrected chi connectivity index (χ2v) is 10.1. The van der Waals surface area contributed by atoms with Gasteiger partial charge in [0.2, 0.25) is 0 Å². The highest BCUT2D eigenvalue weighted by atomic mass is 35.5. The van der Waals surface area contributed by atoms with Crippen molar-refractivity contribution in [1.29, 1.82) is 0 Å². The van der Waals surface area contributed by atoms with E-state index in [1.807, 2.05) is 37.5 Å². The maximum atomic E-state index is 13.4. The number of carbonyl (C=O) groups excluding carboxylic acids is 1. The van der Waals surface area contributed by atoms with Crippen molar-refractivity contribution in [3.63, 3.8) is 0 Å². The number of sulfonamides is 1. The van der Waals surface area contributed by atoms with Crippen molar-refractivity contribution in [2.45, 2.75) is 30.6 Å². The van der Waals surface area contributed by atoms with Gasteiger partial charge in [-0.1, -0.05) is 29.8 Å². The Morgan fingerprint density at radius 1 is 1.22 bits per heavy atom. The van der Waals surface area contributed by atoms with Crippen LogP contribution in [0.25, 0.3) is 0 Å². The molecule has 1 aromatic heterocycles. The van der Waals surface area contributed by atoms with Gasteiger partial charge < -0.3 is 5.32 Å². The van der Waals surface area contributed by atoms with Gasteiger partial charge in [0.05, 0.1) is 27.4 Å². The molecule has 1 amide bonds. The number of anilines is 1. The summed E-state index contributed by atoms with van der Waals surface area (Å²) in [5.41, 5.74) is 2.94. The molecule has 2 heterocycles. The van der Waals surface area contributed by atoms with Crippen LogP contribution < -0.4 is 9.62 Å². The monoisotopic (exact) mass is 472 g/mol. The smallest absolute Gasteiger partial charge is 0.264 e. The minimum absolute atomic E-state index is 0.0547. The molecule has 1 N–H and O–H groups in total. The zero-order valence-corrected chi connectivity index (χ0v) is 19.4. The van der Waals surface area contributed by atoms with Gasteiger partial charge in [0.15, 0.2) is 0 Å². The van der Waals surface area contributed by atoms with Crippen molar-refractivity contribution in [1.82, 2.24) is 15.1 Å². The summed E-state index contributed by atoms with van der Waals surface area (Å²) in [4.78, 5) is 12.8. The maximum absolute atomic E-state index is 13.4. The van der Waals surface area contributed by atoms with Crippen LogP contribution in [-0.2, 0) is 29.9 Å². The molecule has 3 aromatic rings. The van der Waals surface area contributed by atoms with Crippen LogP contribution in [0, 0.1) is 0 Å². The lowest BCUT2D eigenvalue weighted by atomic mass is 10.0. The van der Waals surface area contributed by atoms with Gasteiger partial charge in [0.25, 0.3) is 15.9 Å². The second-order valence-electron chi connectivity index (χ2n) is 7.83. The van der Waals surface area contributed by atoms with Gasteiger partial charge in [0, 0.05) is 26.3 Å². The normalized spacial score (nSPS) is 13.6. The van der Waals surface area contributed by atoms with Crippen LogP contribution in [0.5, 0.6) is 0 Å². The zero-order valence-electron chi connectivity index (χ0n) is 17.8. The third-order valence-corrected chi connectivity index (χ3v) is 7.66. The molecule has 9 heteroatoms. The highest BCUT2D eigenvalue weighted by Gasteiger charge is 2.29. The number of rotatable bonds is 7. The Labute approximate surface area is 193 Å². The third kappa shape index (κ3) is 4.66. The van der Waals surface area contributed by atoms with E-state index >= 15 is 0 Å². The Bertz CT molecular complexity index is 1240. The number of para-hydroxylation sites is 1. The molecule has 0 radical (unpaired) electrons. The Morgan fingerprint density at radius 3 is 2.81 bits per heavy atom. The quantitative estimate of drug-likeness (QED) is 0.533. The lowest BCUT2D eigenvalue weighted by Crippen LogP contribution is -2.35. The van der Waals surface area contributed by atoms with Crippen LogP contribution >= 0.6 is 11.6 Å². The van der Waals surface area contributed by atoms with Gasteiger partial charge in [-0.3, -0.25) is 13.8 Å². The van der Waals surface area contributed by atoms with Crippen LogP contribution in [-0.4, -0.2) is 37.2 Å². The number of halogens is 1. The number of hydrogen-bond acceptors (Lipinski definition) is 4. The fraction of sp³-hybridized carbons (Fsp3) is 0.304. The predicted octanol–water partition coefficient (Wildman–Crippen LogP) is 3.58. The molecule has 0 fully saturated rings. The molecule has 0 unspecified atom stereocenters. The summed E-state index contributed by atoms with van der Waals surface area (Å²) >= 11 is 6.24. The van der Waals surface area contributed by atoms with Crippen molar-refractivity contribution in [3.8, 4) is 0 Å². The maximum Gasteiger partial charge on any atom is 0.264 e. The summed E-state index contributed by atoms with van der Waals surface area (Å²) in [6, 6.07) is 11.8. The summed E-state index contributed by atoms with van der Waals surface area (Å²) in [5.74, 6) is -0.391. The molecule has 0 bridgehead atoms. The molecule has 4 rings (SSSR count). The molecule has 1 aliphatic heterocycles. The van der Waals surface area contributed by atoms with E-state index in [-0.39, 0.29) is 15.5 Å². The standard InChI is InChI=1S/C23H25ClN4O3S/c1-27-16-17(15-26-27)6-4-12-25-23(29)20-14-19(10-11-21(20)24)32(30,31)28-13-5-8-18-7-2-3-9-22(18)28/h2-3,7,9-11,14-16H,4-6,8,12-13H2,1H3,(H,25,29). The Kier molecular flexibility index (Phi) is 6.53. The first-order valence-electron chi connectivity index (χ1n) is 10.5. The van der Waals surface area contributed by atoms with Crippen molar-refractivity contribution in [2.75, 3.05) is 17.4 Å². The van der Waals surface area contributed by atoms with E-state index in [9.17, 15) is 13.2 Å². The molecule has 0 spiro atoms. The summed E-state index contributed by atoms with van der Waals surface area (Å²) in [6.07, 6.45) is 6.84. The van der Waals surface area contributed by atoms with E-state index in [0.29, 0.717) is 18.8 Å². The largest absolute Gasteiger partial charge is 0.352 e. The minimum Gasteiger partial charge on any atom is -0.352 e. The number of benzene rings is 2. The summed E-state index contributed by atoms with van der Waals surface area (Å²) < 4.78 is 30.0. The summed E-state index contributed by atoms with van der Waals surface area (Å²) in [6.45, 7) is 0.846. The van der Waals surface area contributed by atoms with E-state index in [4.69, 9.17) is 11.6 Å². The van der Waals surface area contributed by atoms with Crippen LogP contribution in [0.1, 0.15) is 34.3 Å². The van der Waals surface area contributed by atoms with Gasteiger partial charge in [0.1, 0.15) is 0 Å². The molecule has 0 aliphatic carbocycles. The molecular weight excluding hydrogens is 448 g/mol. The zero-order chi connectivity index (χ0) is 22.7. The van der Waals surface area contributed by atoms with E-state index in [1.165, 1.54) is 22.5 Å². The first kappa shape index (κ1) is 22.4. The van der Waals surface area contributed by atoms with E-state index in [1.54, 1.807) is 10.9 Å². The van der Waals surface area contributed by atoms with Crippen molar-refractivity contribution in [3.05, 3.63) is 76.6 Å². The number of amides is 1. The van der Waals surface area contributed by atoms with Crippen molar-refractivity contribution >= 4 is 33.2 Å². The third-order valence-electron chi connectivity index (χ3n) is 5.52. The molecule has 32 heavy (non-hydrogen) atoms. The fourth-order valence-electron chi connectivity index (χ4n) is 3.91. The number of fused-ring (bicyclic) bond motifs is 1. The molecular formula is C23H25ClN4O3S. The number of nitrogens with zero attached hydrogens (tertiary/aromatic N) is 3. The van der Waals surface area contributed by atoms with Gasteiger partial charge in [-0.2, -0.15) is 5.10 Å². The van der Waals surface area contributed by atoms with Gasteiger partial charge in [-0.15, -0.1) is 0 Å². The number of hydrogen-bond donors (Lipinski definition) is 1. The van der Waals surface area contributed by atoms with Crippen LogP contribution in [0.15, 0.2) is 59.8 Å². The SMILES string of the molecule is Cn1cc(CCCNC(=O)c2cc(S(=O)(=O)N3CCCc4ccccc43)ccc2Cl)cn1. The van der Waals surface area contributed by atoms with Crippen LogP contribution in [0.3, 0.4) is 0 Å². The predicted molar refractivity (Wildman–Crippen MR) is 125 cm³/mol. The first-order valence-corrected chi connectivity index (χ1v) is 12.3. The van der Waals surface area contributed by atoms with E-state index < -0.39 is 15.9 Å². The van der Waals surface area contributed by atoms with Gasteiger partial charge in [-0.25, -0.2) is 8.42 Å². The van der Waals surface area contributed by atoms with Crippen LogP contribution in [0.2, 0.25) is 5.02 Å². The van der Waals surface area contributed by atoms with Crippen LogP contribution in [0.4, 0.5) is 5.69 Å². The molecule has 1 aliphatic rings. The fourth-order valence-corrected chi connectivity index (χ4v) is 5.68. The second kappa shape index (κ2) is 9.34. The number of aryl methyl sites for hydroxylation is 3. The average Bonchev–Trinajstić information content (AvgIpc) is 3.21. The van der Waals surface area contributed by atoms with Gasteiger partial charge in [-0.05, 0) is 61.1 Å². The minimum atomic E-state index is -3.82. The topological polar surface area (TPSA) is 84.3 Å². The highest BCUT2D eigenvalue weighted by molar-refractivity contribution is 7.92. The Hall–Kier alpha value is -2.84. The Balaban J connectivity index is 1.49. The Morgan fingerprint density at radius 2 is 2.03 bits per heavy atom. The average molecular weight is 473 g/mol. The molecule has 0 saturated carbocycles. The molecule has 2 aromatic carbocycles. The van der Waals surface area contributed by atoms with E-state index in [0.717, 1.165) is 36.8 Å².